The molecule has 1 rings (SSSR count). The predicted molar refractivity (Wildman–Crippen MR) is 75.8 cm³/mol. The Balaban J connectivity index is 2.89. The molecular formula is C14H23N3O3. The summed E-state index contributed by atoms with van der Waals surface area (Å²) >= 11 is 0. The summed E-state index contributed by atoms with van der Waals surface area (Å²) in [6.45, 7) is 8.19. The molecule has 0 aliphatic heterocycles. The summed E-state index contributed by atoms with van der Waals surface area (Å²) in [5.41, 5.74) is 1.87. The van der Waals surface area contributed by atoms with Gasteiger partial charge in [0.25, 0.3) is 5.91 Å². The number of aromatic nitrogens is 2. The molecule has 1 atom stereocenters. The van der Waals surface area contributed by atoms with Crippen molar-refractivity contribution in [3.8, 4) is 0 Å². The average Bonchev–Trinajstić information content (AvgIpc) is 2.68. The largest absolute Gasteiger partial charge is 0.480 e. The van der Waals surface area contributed by atoms with E-state index >= 15 is 0 Å². The molecule has 0 aliphatic rings. The first-order chi connectivity index (χ1) is 9.42. The maximum atomic E-state index is 12.3. The van der Waals surface area contributed by atoms with Crippen molar-refractivity contribution in [3.05, 3.63) is 17.0 Å². The number of carbonyl (C=O) groups excluding carboxylic acids is 1. The lowest BCUT2D eigenvalue weighted by Gasteiger charge is -2.14. The van der Waals surface area contributed by atoms with Crippen LogP contribution in [0.2, 0.25) is 0 Å². The first-order valence-electron chi connectivity index (χ1n) is 7.00. The van der Waals surface area contributed by atoms with Crippen LogP contribution in [0.4, 0.5) is 0 Å². The first kappa shape index (κ1) is 16.2. The molecule has 0 bridgehead atoms. The molecule has 20 heavy (non-hydrogen) atoms. The van der Waals surface area contributed by atoms with Crippen LogP contribution >= 0.6 is 0 Å². The summed E-state index contributed by atoms with van der Waals surface area (Å²) in [4.78, 5) is 23.4. The summed E-state index contributed by atoms with van der Waals surface area (Å²) in [7, 11) is 0. The lowest BCUT2D eigenvalue weighted by molar-refractivity contribution is -0.139. The van der Waals surface area contributed by atoms with Gasteiger partial charge in [0.05, 0.1) is 11.3 Å². The van der Waals surface area contributed by atoms with Crippen molar-refractivity contribution in [1.29, 1.82) is 0 Å². The van der Waals surface area contributed by atoms with E-state index in [0.29, 0.717) is 24.2 Å². The Bertz CT molecular complexity index is 494. The van der Waals surface area contributed by atoms with Crippen molar-refractivity contribution in [2.45, 2.75) is 59.5 Å². The fourth-order valence-electron chi connectivity index (χ4n) is 2.23. The predicted octanol–water partition coefficient (Wildman–Crippen LogP) is 1.89. The zero-order valence-corrected chi connectivity index (χ0v) is 12.6. The monoisotopic (exact) mass is 281 g/mol. The Hall–Kier alpha value is -1.85. The fourth-order valence-corrected chi connectivity index (χ4v) is 2.23. The molecule has 6 heteroatoms. The van der Waals surface area contributed by atoms with Crippen LogP contribution in [-0.4, -0.2) is 32.8 Å². The van der Waals surface area contributed by atoms with E-state index in [-0.39, 0.29) is 5.91 Å². The van der Waals surface area contributed by atoms with Crippen molar-refractivity contribution in [1.82, 2.24) is 15.1 Å². The molecule has 1 aromatic rings. The fraction of sp³-hybridized carbons (Fsp3) is 0.643. The van der Waals surface area contributed by atoms with E-state index < -0.39 is 12.0 Å². The normalized spacial score (nSPS) is 12.2. The van der Waals surface area contributed by atoms with Gasteiger partial charge in [0, 0.05) is 12.2 Å². The number of carboxylic acids is 1. The highest BCUT2D eigenvalue weighted by molar-refractivity contribution is 5.98. The second-order valence-electron chi connectivity index (χ2n) is 4.87. The standard InChI is InChI=1S/C14H23N3O3/c1-5-7-8-11(14(19)20)15-13(18)12-9(3)16-17(6-2)10(12)4/h11H,5-8H2,1-4H3,(H,15,18)(H,19,20)/t11-/m0/s1. The van der Waals surface area contributed by atoms with Gasteiger partial charge < -0.3 is 10.4 Å². The summed E-state index contributed by atoms with van der Waals surface area (Å²) in [5, 5.41) is 16.0. The van der Waals surface area contributed by atoms with Crippen molar-refractivity contribution in [2.24, 2.45) is 0 Å². The maximum Gasteiger partial charge on any atom is 0.326 e. The van der Waals surface area contributed by atoms with Crippen molar-refractivity contribution < 1.29 is 14.7 Å². The molecule has 0 unspecified atom stereocenters. The third-order valence-corrected chi connectivity index (χ3v) is 3.36. The Morgan fingerprint density at radius 1 is 1.35 bits per heavy atom. The minimum absolute atomic E-state index is 0.358. The second kappa shape index (κ2) is 7.07. The summed E-state index contributed by atoms with van der Waals surface area (Å²) in [5.74, 6) is -1.35. The van der Waals surface area contributed by atoms with Crippen molar-refractivity contribution >= 4 is 11.9 Å². The molecule has 1 aromatic heterocycles. The molecule has 0 spiro atoms. The number of nitrogens with zero attached hydrogens (tertiary/aromatic N) is 2. The van der Waals surface area contributed by atoms with E-state index in [2.05, 4.69) is 10.4 Å². The van der Waals surface area contributed by atoms with E-state index in [0.717, 1.165) is 18.5 Å². The van der Waals surface area contributed by atoms with Crippen LogP contribution in [0, 0.1) is 13.8 Å². The van der Waals surface area contributed by atoms with Gasteiger partial charge in [-0.2, -0.15) is 5.10 Å². The first-order valence-corrected chi connectivity index (χ1v) is 7.00. The minimum Gasteiger partial charge on any atom is -0.480 e. The zero-order chi connectivity index (χ0) is 15.3. The molecule has 6 nitrogen and oxygen atoms in total. The molecule has 0 saturated heterocycles. The maximum absolute atomic E-state index is 12.3. The van der Waals surface area contributed by atoms with Gasteiger partial charge in [-0.1, -0.05) is 19.8 Å². The number of unbranched alkanes of at least 4 members (excludes halogenated alkanes) is 1. The van der Waals surface area contributed by atoms with Gasteiger partial charge in [0.15, 0.2) is 0 Å². The molecule has 1 amide bonds. The number of hydrogen-bond acceptors (Lipinski definition) is 3. The molecule has 0 aromatic carbocycles. The van der Waals surface area contributed by atoms with Crippen LogP contribution in [0.1, 0.15) is 54.9 Å². The van der Waals surface area contributed by atoms with E-state index in [4.69, 9.17) is 5.11 Å². The van der Waals surface area contributed by atoms with E-state index in [1.165, 1.54) is 0 Å². The zero-order valence-electron chi connectivity index (χ0n) is 12.6. The molecule has 0 radical (unpaired) electrons. The minimum atomic E-state index is -0.995. The molecule has 0 fully saturated rings. The average molecular weight is 281 g/mol. The number of carboxylic acid groups (broad SMARTS) is 1. The number of aliphatic carboxylic acids is 1. The summed E-state index contributed by atoms with van der Waals surface area (Å²) in [6, 6.07) is -0.841. The van der Waals surface area contributed by atoms with Crippen LogP contribution in [0.5, 0.6) is 0 Å². The Morgan fingerprint density at radius 3 is 2.45 bits per heavy atom. The van der Waals surface area contributed by atoms with Crippen LogP contribution < -0.4 is 5.32 Å². The van der Waals surface area contributed by atoms with Crippen LogP contribution in [0.25, 0.3) is 0 Å². The number of amides is 1. The number of aryl methyl sites for hydroxylation is 2. The lowest BCUT2D eigenvalue weighted by atomic mass is 10.1. The molecule has 2 N–H and O–H groups in total. The van der Waals surface area contributed by atoms with Crippen LogP contribution in [0.15, 0.2) is 0 Å². The van der Waals surface area contributed by atoms with Crippen LogP contribution in [0.3, 0.4) is 0 Å². The van der Waals surface area contributed by atoms with E-state index in [1.807, 2.05) is 20.8 Å². The van der Waals surface area contributed by atoms with Gasteiger partial charge in [-0.25, -0.2) is 4.79 Å². The SMILES string of the molecule is CCCC[C@H](NC(=O)c1c(C)nn(CC)c1C)C(=O)O. The highest BCUT2D eigenvalue weighted by Gasteiger charge is 2.24. The molecule has 1 heterocycles. The lowest BCUT2D eigenvalue weighted by Crippen LogP contribution is -2.41. The van der Waals surface area contributed by atoms with Gasteiger partial charge in [0.2, 0.25) is 0 Å². The Morgan fingerprint density at radius 2 is 2.00 bits per heavy atom. The van der Waals surface area contributed by atoms with Gasteiger partial charge in [0.1, 0.15) is 6.04 Å². The Labute approximate surface area is 119 Å². The number of rotatable bonds is 7. The van der Waals surface area contributed by atoms with Crippen LogP contribution in [-0.2, 0) is 11.3 Å². The number of carbonyl (C=O) groups is 2. The third kappa shape index (κ3) is 3.59. The number of nitrogens with one attached hydrogen (secondary N) is 1. The van der Waals surface area contributed by atoms with Gasteiger partial charge in [-0.15, -0.1) is 0 Å². The molecule has 0 saturated carbocycles. The molecule has 0 aliphatic carbocycles. The highest BCUT2D eigenvalue weighted by atomic mass is 16.4. The highest BCUT2D eigenvalue weighted by Crippen LogP contribution is 2.13. The van der Waals surface area contributed by atoms with Gasteiger partial charge in [-0.05, 0) is 27.2 Å². The van der Waals surface area contributed by atoms with E-state index in [1.54, 1.807) is 11.6 Å². The van der Waals surface area contributed by atoms with Gasteiger partial charge in [-0.3, -0.25) is 9.48 Å². The molecular weight excluding hydrogens is 258 g/mol. The third-order valence-electron chi connectivity index (χ3n) is 3.36. The topological polar surface area (TPSA) is 84.2 Å². The number of hydrogen-bond donors (Lipinski definition) is 2. The quantitative estimate of drug-likeness (QED) is 0.799. The van der Waals surface area contributed by atoms with Crippen molar-refractivity contribution in [2.75, 3.05) is 0 Å². The second-order valence-corrected chi connectivity index (χ2v) is 4.87. The summed E-state index contributed by atoms with van der Waals surface area (Å²) in [6.07, 6.45) is 2.10. The van der Waals surface area contributed by atoms with E-state index in [9.17, 15) is 9.59 Å². The summed E-state index contributed by atoms with van der Waals surface area (Å²) < 4.78 is 1.74. The van der Waals surface area contributed by atoms with Gasteiger partial charge >= 0.3 is 5.97 Å². The Kier molecular flexibility index (Phi) is 5.73. The van der Waals surface area contributed by atoms with Crippen molar-refractivity contribution in [3.63, 3.8) is 0 Å². The molecule has 112 valence electrons. The smallest absolute Gasteiger partial charge is 0.326 e.